The van der Waals surface area contributed by atoms with Gasteiger partial charge in [-0.25, -0.2) is 9.97 Å². The molecule has 4 heterocycles. The highest BCUT2D eigenvalue weighted by atomic mass is 28.3. The van der Waals surface area contributed by atoms with E-state index < -0.39 is 16.1 Å². The van der Waals surface area contributed by atoms with Gasteiger partial charge in [0.25, 0.3) is 5.95 Å². The molecule has 0 saturated carbocycles. The van der Waals surface area contributed by atoms with Gasteiger partial charge in [-0.1, -0.05) is 108 Å². The predicted molar refractivity (Wildman–Crippen MR) is 207 cm³/mol. The van der Waals surface area contributed by atoms with E-state index in [1.54, 1.807) is 12.4 Å². The van der Waals surface area contributed by atoms with E-state index >= 15 is 0 Å². The lowest BCUT2D eigenvalue weighted by Crippen LogP contribution is -2.52. The van der Waals surface area contributed by atoms with Crippen molar-refractivity contribution in [3.05, 3.63) is 140 Å². The molecule has 0 amide bonds. The number of benzene rings is 4. The molecule has 9 nitrogen and oxygen atoms in total. The fraction of sp³-hybridized carbons (Fsp3) is 0.100. The Bertz CT molecular complexity index is 2340. The summed E-state index contributed by atoms with van der Waals surface area (Å²) in [4.78, 5) is 8.67. The number of ether oxygens (including phenoxy) is 2. The van der Waals surface area contributed by atoms with Gasteiger partial charge in [0.05, 0.1) is 11.0 Å². The minimum absolute atomic E-state index is 0.433. The molecular formula is C40H35N7O2Si2. The fourth-order valence-electron chi connectivity index (χ4n) is 6.59. The van der Waals surface area contributed by atoms with Gasteiger partial charge in [0.2, 0.25) is 11.8 Å². The van der Waals surface area contributed by atoms with E-state index in [9.17, 15) is 0 Å². The van der Waals surface area contributed by atoms with Gasteiger partial charge in [-0.3, -0.25) is 4.57 Å². The van der Waals surface area contributed by atoms with Crippen LogP contribution in [0.2, 0.25) is 26.2 Å². The van der Waals surface area contributed by atoms with Crippen LogP contribution in [0.3, 0.4) is 0 Å². The second kappa shape index (κ2) is 13.0. The first-order valence-corrected chi connectivity index (χ1v) is 22.8. The van der Waals surface area contributed by atoms with Crippen molar-refractivity contribution in [1.82, 2.24) is 34.9 Å². The molecule has 4 aromatic heterocycles. The highest BCUT2D eigenvalue weighted by Crippen LogP contribution is 2.31. The molecule has 0 saturated heterocycles. The lowest BCUT2D eigenvalue weighted by molar-refractivity contribution is 0.463. The molecule has 250 valence electrons. The van der Waals surface area contributed by atoms with E-state index in [1.807, 2.05) is 48.5 Å². The van der Waals surface area contributed by atoms with Crippen molar-refractivity contribution in [3.63, 3.8) is 0 Å². The average Bonchev–Trinajstić information content (AvgIpc) is 3.49. The van der Waals surface area contributed by atoms with E-state index in [0.717, 1.165) is 33.3 Å². The first-order chi connectivity index (χ1) is 24.8. The van der Waals surface area contributed by atoms with E-state index in [2.05, 4.69) is 134 Å². The Morgan fingerprint density at radius 3 is 1.41 bits per heavy atom. The molecule has 0 radical (unpaired) electrons. The van der Waals surface area contributed by atoms with Crippen LogP contribution in [0, 0.1) is 0 Å². The second-order valence-corrected chi connectivity index (χ2v) is 22.3. The zero-order valence-electron chi connectivity index (χ0n) is 28.7. The zero-order valence-corrected chi connectivity index (χ0v) is 30.7. The minimum Gasteiger partial charge on any atom is -0.439 e. The number of hydrogen-bond acceptors (Lipinski definition) is 8. The summed E-state index contributed by atoms with van der Waals surface area (Å²) in [5, 5.41) is 24.4. The van der Waals surface area contributed by atoms with Gasteiger partial charge in [0.15, 0.2) is 6.33 Å². The predicted octanol–water partition coefficient (Wildman–Crippen LogP) is 6.38. The molecular weight excluding hydrogens is 667 g/mol. The van der Waals surface area contributed by atoms with Gasteiger partial charge in [-0.15, -0.1) is 20.4 Å². The number of nitrogens with zero attached hydrogens (tertiary/aromatic N) is 7. The first kappa shape index (κ1) is 32.2. The van der Waals surface area contributed by atoms with Crippen molar-refractivity contribution in [3.8, 4) is 29.2 Å². The summed E-state index contributed by atoms with van der Waals surface area (Å²) in [7, 11) is -4.42. The molecule has 8 aromatic rings. The first-order valence-electron chi connectivity index (χ1n) is 16.8. The van der Waals surface area contributed by atoms with Crippen LogP contribution in [0.4, 0.5) is 0 Å². The van der Waals surface area contributed by atoms with Gasteiger partial charge >= 0.3 is 0 Å². The van der Waals surface area contributed by atoms with Crippen LogP contribution in [0.1, 0.15) is 0 Å². The lowest BCUT2D eigenvalue weighted by Gasteiger charge is -2.24. The van der Waals surface area contributed by atoms with E-state index in [0.29, 0.717) is 17.7 Å². The average molecular weight is 702 g/mol. The normalized spacial score (nSPS) is 11.9. The van der Waals surface area contributed by atoms with Gasteiger partial charge in [0.1, 0.15) is 27.6 Å². The molecule has 0 aliphatic heterocycles. The summed E-state index contributed by atoms with van der Waals surface area (Å²) >= 11 is 0. The van der Waals surface area contributed by atoms with Gasteiger partial charge in [-0.2, -0.15) is 0 Å². The molecule has 4 aromatic carbocycles. The van der Waals surface area contributed by atoms with Crippen molar-refractivity contribution >= 4 is 58.7 Å². The number of fused-ring (bicyclic) bond motifs is 3. The topological polar surface area (TPSA) is 101 Å². The molecule has 51 heavy (non-hydrogen) atoms. The standard InChI is InChI=1S/C40H35N7O2Si2/c1-50(2,30-13-9-11-28(23-30)48-38-15-5-7-21-41-38)32-17-19-34-35-20-18-33(26-37(35)47(36(34)25-32)40-45-43-27-44-46-40)51(3,4)31-14-10-12-29(24-31)49-39-16-6-8-22-42-39/h5-27H,1-4H3. The molecule has 0 spiro atoms. The maximum Gasteiger partial charge on any atom is 0.273 e. The SMILES string of the molecule is C[Si](C)(c1cccc(Oc2ccccn2)c1)c1ccc2c3ccc([Si](C)(C)c4cccc(Oc5ccccn5)c4)cc3n(-c3nncnn3)c2c1. The Morgan fingerprint density at radius 2 is 0.961 bits per heavy atom. The van der Waals surface area contributed by atoms with E-state index in [4.69, 9.17) is 9.47 Å². The Morgan fingerprint density at radius 1 is 0.490 bits per heavy atom. The molecule has 0 bridgehead atoms. The summed E-state index contributed by atoms with van der Waals surface area (Å²) in [6.07, 6.45) is 4.83. The Hall–Kier alpha value is -6.05. The Balaban J connectivity index is 1.22. The minimum atomic E-state index is -2.21. The van der Waals surface area contributed by atoms with Crippen molar-refractivity contribution < 1.29 is 9.47 Å². The van der Waals surface area contributed by atoms with Crippen LogP contribution >= 0.6 is 0 Å². The third-order valence-corrected chi connectivity index (χ3v) is 16.7. The monoisotopic (exact) mass is 701 g/mol. The molecule has 0 aliphatic rings. The third-order valence-electron chi connectivity index (χ3n) is 9.64. The summed E-state index contributed by atoms with van der Waals surface area (Å²) in [6.45, 7) is 9.45. The maximum absolute atomic E-state index is 6.11. The lowest BCUT2D eigenvalue weighted by atomic mass is 10.1. The Labute approximate surface area is 297 Å². The zero-order chi connectivity index (χ0) is 35.0. The van der Waals surface area contributed by atoms with Crippen molar-refractivity contribution in [2.45, 2.75) is 26.2 Å². The number of rotatable bonds is 9. The van der Waals surface area contributed by atoms with Crippen molar-refractivity contribution in [2.24, 2.45) is 0 Å². The van der Waals surface area contributed by atoms with Crippen LogP contribution < -0.4 is 30.2 Å². The van der Waals surface area contributed by atoms with Crippen LogP contribution in [-0.4, -0.2) is 51.1 Å². The quantitative estimate of drug-likeness (QED) is 0.160. The van der Waals surface area contributed by atoms with Crippen LogP contribution in [0.25, 0.3) is 27.8 Å². The maximum atomic E-state index is 6.11. The molecule has 0 fully saturated rings. The largest absolute Gasteiger partial charge is 0.439 e. The molecule has 8 rings (SSSR count). The highest BCUT2D eigenvalue weighted by molar-refractivity contribution is 7.01. The third kappa shape index (κ3) is 6.17. The molecule has 0 aliphatic carbocycles. The second-order valence-electron chi connectivity index (χ2n) is 13.5. The molecule has 0 N–H and O–H groups in total. The van der Waals surface area contributed by atoms with Crippen LogP contribution in [0.5, 0.6) is 23.3 Å². The number of aromatic nitrogens is 7. The van der Waals surface area contributed by atoms with E-state index in [1.165, 1.54) is 27.1 Å². The summed E-state index contributed by atoms with van der Waals surface area (Å²) in [5.74, 6) is 3.11. The highest BCUT2D eigenvalue weighted by Gasteiger charge is 2.30. The summed E-state index contributed by atoms with van der Waals surface area (Å²) < 4.78 is 14.3. The fourth-order valence-corrected chi connectivity index (χ4v) is 11.3. The van der Waals surface area contributed by atoms with E-state index in [-0.39, 0.29) is 0 Å². The smallest absolute Gasteiger partial charge is 0.273 e. The number of hydrogen-bond donors (Lipinski definition) is 0. The van der Waals surface area contributed by atoms with Crippen molar-refractivity contribution in [2.75, 3.05) is 0 Å². The van der Waals surface area contributed by atoms with Crippen LogP contribution in [-0.2, 0) is 0 Å². The molecule has 0 unspecified atom stereocenters. The van der Waals surface area contributed by atoms with Crippen molar-refractivity contribution in [1.29, 1.82) is 0 Å². The summed E-state index contributed by atoms with van der Waals surface area (Å²) in [5.41, 5.74) is 2.03. The Kier molecular flexibility index (Phi) is 8.21. The summed E-state index contributed by atoms with van der Waals surface area (Å²) in [6, 6.07) is 41.7. The number of pyridine rings is 2. The molecule has 0 atom stereocenters. The van der Waals surface area contributed by atoms with Crippen LogP contribution in [0.15, 0.2) is 140 Å². The van der Waals surface area contributed by atoms with Gasteiger partial charge in [-0.05, 0) is 48.5 Å². The van der Waals surface area contributed by atoms with Gasteiger partial charge in [0, 0.05) is 35.3 Å². The van der Waals surface area contributed by atoms with Gasteiger partial charge < -0.3 is 9.47 Å². The molecule has 11 heteroatoms.